The van der Waals surface area contributed by atoms with E-state index in [1.807, 2.05) is 26.9 Å². The molecule has 0 bridgehead atoms. The molecule has 2 unspecified atom stereocenters. The second kappa shape index (κ2) is 5.45. The standard InChI is InChI=1S/C13H26O2Si/c1-10(2)13(14)12-8-6-5-7-11(12)9-16(3,4)15/h10-12,15H,5-9H2,1-4H3. The summed E-state index contributed by atoms with van der Waals surface area (Å²) in [6.45, 7) is 7.96. The van der Waals surface area contributed by atoms with Gasteiger partial charge in [0.05, 0.1) is 0 Å². The molecule has 0 heterocycles. The van der Waals surface area contributed by atoms with Crippen LogP contribution in [0.5, 0.6) is 0 Å². The van der Waals surface area contributed by atoms with Crippen molar-refractivity contribution in [2.45, 2.75) is 58.7 Å². The first-order chi connectivity index (χ1) is 7.31. The molecule has 2 atom stereocenters. The summed E-state index contributed by atoms with van der Waals surface area (Å²) in [5.74, 6) is 1.25. The fraction of sp³-hybridized carbons (Fsp3) is 0.923. The maximum absolute atomic E-state index is 12.1. The molecule has 0 aliphatic heterocycles. The Morgan fingerprint density at radius 3 is 2.38 bits per heavy atom. The third-order valence-electron chi connectivity index (χ3n) is 3.61. The van der Waals surface area contributed by atoms with Crippen LogP contribution in [-0.2, 0) is 4.79 Å². The third-order valence-corrected chi connectivity index (χ3v) is 5.13. The van der Waals surface area contributed by atoms with Crippen molar-refractivity contribution in [3.05, 3.63) is 0 Å². The van der Waals surface area contributed by atoms with E-state index in [9.17, 15) is 9.59 Å². The Bertz CT molecular complexity index is 243. The molecule has 0 spiro atoms. The molecular formula is C13H26O2Si. The normalized spacial score (nSPS) is 27.1. The Morgan fingerprint density at radius 2 is 1.88 bits per heavy atom. The van der Waals surface area contributed by atoms with Crippen LogP contribution < -0.4 is 0 Å². The van der Waals surface area contributed by atoms with E-state index in [1.165, 1.54) is 12.8 Å². The van der Waals surface area contributed by atoms with Gasteiger partial charge in [-0.25, -0.2) is 0 Å². The van der Waals surface area contributed by atoms with Crippen LogP contribution >= 0.6 is 0 Å². The van der Waals surface area contributed by atoms with Gasteiger partial charge in [0.1, 0.15) is 5.78 Å². The van der Waals surface area contributed by atoms with Crippen molar-refractivity contribution >= 4 is 14.1 Å². The van der Waals surface area contributed by atoms with E-state index in [4.69, 9.17) is 0 Å². The second-order valence-corrected chi connectivity index (χ2v) is 10.3. The number of Topliss-reactive ketones (excluding diaryl/α,β-unsaturated/α-hetero) is 1. The van der Waals surface area contributed by atoms with Gasteiger partial charge in [0, 0.05) is 11.8 Å². The molecule has 0 aromatic heterocycles. The molecule has 1 aliphatic carbocycles. The average Bonchev–Trinajstić information content (AvgIpc) is 2.15. The predicted octanol–water partition coefficient (Wildman–Crippen LogP) is 3.22. The summed E-state index contributed by atoms with van der Waals surface area (Å²) in [6.07, 6.45) is 4.61. The lowest BCUT2D eigenvalue weighted by molar-refractivity contribution is -0.128. The zero-order valence-electron chi connectivity index (χ0n) is 11.1. The van der Waals surface area contributed by atoms with Crippen molar-refractivity contribution in [1.29, 1.82) is 0 Å². The Labute approximate surface area is 101 Å². The van der Waals surface area contributed by atoms with Crippen molar-refractivity contribution < 1.29 is 9.59 Å². The summed E-state index contributed by atoms with van der Waals surface area (Å²) in [7, 11) is -2.02. The van der Waals surface area contributed by atoms with Crippen LogP contribution in [0.15, 0.2) is 0 Å². The SMILES string of the molecule is CC(C)C(=O)C1CCCCC1C[Si](C)(C)O. The van der Waals surface area contributed by atoms with Crippen LogP contribution in [0.25, 0.3) is 0 Å². The highest BCUT2D eigenvalue weighted by atomic mass is 28.4. The number of hydrogen-bond acceptors (Lipinski definition) is 2. The molecule has 1 N–H and O–H groups in total. The summed E-state index contributed by atoms with van der Waals surface area (Å²) >= 11 is 0. The summed E-state index contributed by atoms with van der Waals surface area (Å²) in [4.78, 5) is 22.2. The first-order valence-electron chi connectivity index (χ1n) is 6.57. The maximum Gasteiger partial charge on any atom is 0.182 e. The molecule has 1 aliphatic rings. The number of rotatable bonds is 4. The van der Waals surface area contributed by atoms with Crippen molar-refractivity contribution in [2.24, 2.45) is 17.8 Å². The molecule has 0 amide bonds. The van der Waals surface area contributed by atoms with E-state index in [0.29, 0.717) is 11.7 Å². The van der Waals surface area contributed by atoms with E-state index in [0.717, 1.165) is 18.9 Å². The maximum atomic E-state index is 12.1. The van der Waals surface area contributed by atoms with Crippen molar-refractivity contribution in [1.82, 2.24) is 0 Å². The lowest BCUT2D eigenvalue weighted by Gasteiger charge is -2.34. The minimum absolute atomic E-state index is 0.147. The molecule has 0 aromatic carbocycles. The quantitative estimate of drug-likeness (QED) is 0.769. The molecule has 3 heteroatoms. The summed E-state index contributed by atoms with van der Waals surface area (Å²) in [5, 5.41) is 0. The monoisotopic (exact) mass is 242 g/mol. The Balaban J connectivity index is 2.68. The molecular weight excluding hydrogens is 216 g/mol. The van der Waals surface area contributed by atoms with E-state index >= 15 is 0 Å². The van der Waals surface area contributed by atoms with Gasteiger partial charge in [-0.15, -0.1) is 0 Å². The average molecular weight is 242 g/mol. The van der Waals surface area contributed by atoms with Gasteiger partial charge in [-0.1, -0.05) is 26.7 Å². The predicted molar refractivity (Wildman–Crippen MR) is 69.8 cm³/mol. The van der Waals surface area contributed by atoms with Crippen LogP contribution in [0.3, 0.4) is 0 Å². The highest BCUT2D eigenvalue weighted by Crippen LogP contribution is 2.37. The minimum Gasteiger partial charge on any atom is -0.432 e. The molecule has 0 radical (unpaired) electrons. The number of ketones is 1. The summed E-state index contributed by atoms with van der Waals surface area (Å²) in [6, 6.07) is 0.899. The smallest absolute Gasteiger partial charge is 0.182 e. The van der Waals surface area contributed by atoms with Gasteiger partial charge in [-0.05, 0) is 37.9 Å². The molecule has 2 nitrogen and oxygen atoms in total. The molecule has 0 aromatic rings. The third kappa shape index (κ3) is 4.02. The van der Waals surface area contributed by atoms with Gasteiger partial charge >= 0.3 is 0 Å². The van der Waals surface area contributed by atoms with Gasteiger partial charge in [0.25, 0.3) is 0 Å². The van der Waals surface area contributed by atoms with Gasteiger partial charge in [-0.3, -0.25) is 4.79 Å². The molecule has 94 valence electrons. The Morgan fingerprint density at radius 1 is 1.31 bits per heavy atom. The van der Waals surface area contributed by atoms with Gasteiger partial charge < -0.3 is 4.80 Å². The fourth-order valence-corrected chi connectivity index (χ4v) is 4.67. The first-order valence-corrected chi connectivity index (χ1v) is 9.73. The second-order valence-electron chi connectivity index (χ2n) is 6.22. The first kappa shape index (κ1) is 13.9. The molecule has 1 saturated carbocycles. The van der Waals surface area contributed by atoms with Gasteiger partial charge in [0.15, 0.2) is 8.32 Å². The van der Waals surface area contributed by atoms with E-state index < -0.39 is 8.32 Å². The number of carbonyl (C=O) groups excluding carboxylic acids is 1. The van der Waals surface area contributed by atoms with Crippen molar-refractivity contribution in [3.63, 3.8) is 0 Å². The van der Waals surface area contributed by atoms with E-state index in [-0.39, 0.29) is 11.8 Å². The zero-order valence-corrected chi connectivity index (χ0v) is 12.1. The molecule has 1 rings (SSSR count). The van der Waals surface area contributed by atoms with E-state index in [2.05, 4.69) is 0 Å². The minimum atomic E-state index is -2.02. The van der Waals surface area contributed by atoms with Crippen LogP contribution in [0.4, 0.5) is 0 Å². The summed E-state index contributed by atoms with van der Waals surface area (Å²) < 4.78 is 0. The Kier molecular flexibility index (Phi) is 4.74. The number of carbonyl (C=O) groups is 1. The Hall–Kier alpha value is -0.153. The van der Waals surface area contributed by atoms with Crippen molar-refractivity contribution in [2.75, 3.05) is 0 Å². The van der Waals surface area contributed by atoms with Crippen LogP contribution in [0, 0.1) is 17.8 Å². The van der Waals surface area contributed by atoms with Crippen molar-refractivity contribution in [3.8, 4) is 0 Å². The van der Waals surface area contributed by atoms with Crippen LogP contribution in [0.2, 0.25) is 19.1 Å². The zero-order chi connectivity index (χ0) is 12.3. The van der Waals surface area contributed by atoms with Gasteiger partial charge in [0.2, 0.25) is 0 Å². The van der Waals surface area contributed by atoms with Crippen LogP contribution in [-0.4, -0.2) is 18.9 Å². The van der Waals surface area contributed by atoms with Gasteiger partial charge in [-0.2, -0.15) is 0 Å². The largest absolute Gasteiger partial charge is 0.432 e. The fourth-order valence-electron chi connectivity index (χ4n) is 2.90. The summed E-state index contributed by atoms with van der Waals surface area (Å²) in [5.41, 5.74) is 0. The lowest BCUT2D eigenvalue weighted by atomic mass is 9.75. The molecule has 16 heavy (non-hydrogen) atoms. The molecule has 1 fully saturated rings. The number of hydrogen-bond donors (Lipinski definition) is 1. The lowest BCUT2D eigenvalue weighted by Crippen LogP contribution is -2.36. The van der Waals surface area contributed by atoms with E-state index in [1.54, 1.807) is 0 Å². The highest BCUT2D eigenvalue weighted by molar-refractivity contribution is 6.69. The topological polar surface area (TPSA) is 37.3 Å². The highest BCUT2D eigenvalue weighted by Gasteiger charge is 2.35. The van der Waals surface area contributed by atoms with Crippen LogP contribution in [0.1, 0.15) is 39.5 Å². The molecule has 0 saturated heterocycles.